The number of methoxy groups -OCH3 is 1. The predicted molar refractivity (Wildman–Crippen MR) is 277 cm³/mol. The minimum absolute atomic E-state index is 0.0146. The second-order valence-electron chi connectivity index (χ2n) is 22.1. The number of carbonyl (C=O) groups is 2. The van der Waals surface area contributed by atoms with E-state index in [9.17, 15) is 14.7 Å². The third-order valence-electron chi connectivity index (χ3n) is 16.7. The van der Waals surface area contributed by atoms with Gasteiger partial charge in [0.2, 0.25) is 11.8 Å². The zero-order valence-corrected chi connectivity index (χ0v) is 43.0. The Kier molecular flexibility index (Phi) is 13.8. The summed E-state index contributed by atoms with van der Waals surface area (Å²) >= 11 is 0. The summed E-state index contributed by atoms with van der Waals surface area (Å²) in [5.41, 5.74) is 1.97. The van der Waals surface area contributed by atoms with Crippen molar-refractivity contribution < 1.29 is 42.1 Å². The summed E-state index contributed by atoms with van der Waals surface area (Å²) in [7, 11) is 3.44. The number of fused-ring (bicyclic) bond motifs is 3. The molecule has 4 aromatic carbocycles. The molecule has 4 saturated heterocycles. The molecule has 1 aliphatic carbocycles. The van der Waals surface area contributed by atoms with Crippen LogP contribution >= 0.6 is 0 Å². The van der Waals surface area contributed by atoms with Crippen molar-refractivity contribution in [2.75, 3.05) is 77.8 Å². The van der Waals surface area contributed by atoms with Gasteiger partial charge in [-0.2, -0.15) is 15.1 Å². The number of carbonyl (C=O) groups excluding carboxylic acids is 2. The van der Waals surface area contributed by atoms with Crippen LogP contribution in [0.3, 0.4) is 0 Å². The van der Waals surface area contributed by atoms with Crippen LogP contribution in [0.15, 0.2) is 48.5 Å². The van der Waals surface area contributed by atoms with E-state index < -0.39 is 29.0 Å². The average Bonchev–Trinajstić information content (AvgIpc) is 4.07. The molecule has 6 heterocycles. The first-order chi connectivity index (χ1) is 35.7. The summed E-state index contributed by atoms with van der Waals surface area (Å²) in [5.74, 6) is -1.55. The van der Waals surface area contributed by atoms with Gasteiger partial charge in [0, 0.05) is 62.9 Å². The number of rotatable bonds is 15. The fraction of sp³-hybridized carbons (Fsp3) is 0.526. The molecule has 2 atom stereocenters. The molecule has 11 rings (SSSR count). The van der Waals surface area contributed by atoms with Crippen LogP contribution in [-0.4, -0.2) is 125 Å². The summed E-state index contributed by atoms with van der Waals surface area (Å²) < 4.78 is 69.0. The molecule has 1 saturated carbocycles. The summed E-state index contributed by atoms with van der Waals surface area (Å²) in [6.07, 6.45) is 8.64. The third kappa shape index (κ3) is 9.92. The van der Waals surface area contributed by atoms with Gasteiger partial charge < -0.3 is 34.0 Å². The molecule has 5 fully saturated rings. The van der Waals surface area contributed by atoms with Gasteiger partial charge in [0.1, 0.15) is 28.7 Å². The van der Waals surface area contributed by atoms with Gasteiger partial charge in [0.25, 0.3) is 0 Å². The third-order valence-corrected chi connectivity index (χ3v) is 16.7. The molecular formula is C57H67F3N8O6. The van der Waals surface area contributed by atoms with E-state index in [1.165, 1.54) is 30.9 Å². The number of para-hydroxylation sites is 1. The Morgan fingerprint density at radius 2 is 1.66 bits per heavy atom. The maximum atomic E-state index is 17.5. The van der Waals surface area contributed by atoms with Gasteiger partial charge in [-0.05, 0) is 161 Å². The van der Waals surface area contributed by atoms with Gasteiger partial charge in [0.05, 0.1) is 34.9 Å². The number of aromatic nitrogens is 4. The second kappa shape index (κ2) is 20.3. The normalized spacial score (nSPS) is 22.3. The highest BCUT2D eigenvalue weighted by atomic mass is 19.1. The number of amides is 2. The van der Waals surface area contributed by atoms with E-state index in [0.717, 1.165) is 94.4 Å². The monoisotopic (exact) mass is 1020 g/mol. The van der Waals surface area contributed by atoms with Crippen LogP contribution in [0.25, 0.3) is 43.7 Å². The predicted octanol–water partition coefficient (Wildman–Crippen LogP) is 8.92. The number of aliphatic hydroxyl groups is 1. The molecular weight excluding hydrogens is 950 g/mol. The number of nitrogens with one attached hydrogen (secondary N) is 1. The van der Waals surface area contributed by atoms with Gasteiger partial charge in [0.15, 0.2) is 12.6 Å². The lowest BCUT2D eigenvalue weighted by atomic mass is 9.86. The Balaban J connectivity index is 0.765. The van der Waals surface area contributed by atoms with Crippen LogP contribution in [0, 0.1) is 28.8 Å². The molecule has 0 spiro atoms. The summed E-state index contributed by atoms with van der Waals surface area (Å²) in [6.45, 7) is 10.6. The van der Waals surface area contributed by atoms with Crippen molar-refractivity contribution in [1.29, 1.82) is 0 Å². The number of imide groups is 1. The first kappa shape index (κ1) is 50.3. The van der Waals surface area contributed by atoms with E-state index in [1.807, 2.05) is 16.6 Å². The van der Waals surface area contributed by atoms with E-state index in [2.05, 4.69) is 38.3 Å². The number of ether oxygens (including phenoxy) is 3. The van der Waals surface area contributed by atoms with Crippen LogP contribution in [0.1, 0.15) is 107 Å². The van der Waals surface area contributed by atoms with Gasteiger partial charge >= 0.3 is 6.01 Å². The smallest absolute Gasteiger partial charge is 0.319 e. The fourth-order valence-electron chi connectivity index (χ4n) is 12.6. The van der Waals surface area contributed by atoms with Crippen molar-refractivity contribution in [2.45, 2.75) is 102 Å². The lowest BCUT2D eigenvalue weighted by Crippen LogP contribution is -2.46. The molecule has 2 aromatic heterocycles. The van der Waals surface area contributed by atoms with Gasteiger partial charge in [-0.15, -0.1) is 0 Å². The van der Waals surface area contributed by atoms with E-state index in [-0.39, 0.29) is 65.0 Å². The zero-order chi connectivity index (χ0) is 51.5. The van der Waals surface area contributed by atoms with Crippen molar-refractivity contribution in [3.63, 3.8) is 0 Å². The molecule has 74 heavy (non-hydrogen) atoms. The van der Waals surface area contributed by atoms with Gasteiger partial charge in [-0.1, -0.05) is 31.2 Å². The first-order valence-corrected chi connectivity index (χ1v) is 26.6. The lowest BCUT2D eigenvalue weighted by molar-refractivity contribution is -0.134. The maximum Gasteiger partial charge on any atom is 0.319 e. The number of likely N-dealkylation sites (tertiary alicyclic amines) is 2. The molecule has 17 heteroatoms. The number of β-amino-alcohol motifs (C(OH)–C–C–N with tert-alkyl or cyclic N) is 1. The number of piperidine rings is 4. The van der Waals surface area contributed by atoms with Crippen molar-refractivity contribution in [1.82, 2.24) is 34.9 Å². The van der Waals surface area contributed by atoms with Gasteiger partial charge in [-0.25, -0.2) is 13.2 Å². The molecule has 4 aliphatic heterocycles. The Morgan fingerprint density at radius 3 is 2.39 bits per heavy atom. The van der Waals surface area contributed by atoms with E-state index in [0.29, 0.717) is 78.6 Å². The molecule has 392 valence electrons. The Bertz CT molecular complexity index is 3130. The number of benzene rings is 4. The highest BCUT2D eigenvalue weighted by Crippen LogP contribution is 2.48. The first-order valence-electron chi connectivity index (χ1n) is 26.6. The molecule has 0 radical (unpaired) electrons. The molecule has 0 unspecified atom stereocenters. The summed E-state index contributed by atoms with van der Waals surface area (Å²) in [6, 6.07) is 13.8. The molecule has 2 amide bonds. The lowest BCUT2D eigenvalue weighted by Gasteiger charge is -2.38. The van der Waals surface area contributed by atoms with Crippen molar-refractivity contribution in [2.24, 2.45) is 18.4 Å². The summed E-state index contributed by atoms with van der Waals surface area (Å²) in [4.78, 5) is 41.2. The van der Waals surface area contributed by atoms with Crippen LogP contribution in [0.4, 0.5) is 19.0 Å². The standard InChI is InChI=1S/C57H67F3N8O6/c1-5-38-44(58)12-10-36-26-37(74-33-72-4)27-42(47(36)38)48-45(59)28-43-51(49(48)60)62-55(63-53(43)68-21-7-18-56(2,71)30-68)73-32-57(19-20-57)31-67-22-14-34(15-23-67)29-66-24-16-35(17-25-66)39-8-6-9-40-50(64-65(3)52(39)40)41-11-13-46(69)61-54(41)70/h6,8-10,12,26-28,34-35,41,71H,5,7,11,13-25,29-33H2,1-4H3,(H,61,69,70)/t41-,56-/m1/s1. The number of aryl methyl sites for hydroxylation is 2. The SMILES string of the molecule is CCc1c(F)ccc2cc(OCOC)cc(-c3c(F)cc4c(N5CCC[C@@](C)(O)C5)nc(OCC5(CN6CCC(CN7CCC(c8cccc9c([C@H]%10CCC(=O)NC%10=O)nn(C)c89)CC7)CC6)CC5)nc4c3F)c12. The highest BCUT2D eigenvalue weighted by molar-refractivity contribution is 6.04. The number of nitrogens with zero attached hydrogens (tertiary/aromatic N) is 7. The van der Waals surface area contributed by atoms with Crippen LogP contribution in [0.5, 0.6) is 11.8 Å². The number of hydrogen-bond donors (Lipinski definition) is 2. The van der Waals surface area contributed by atoms with Gasteiger partial charge in [-0.3, -0.25) is 19.6 Å². The van der Waals surface area contributed by atoms with Crippen LogP contribution in [0.2, 0.25) is 0 Å². The largest absolute Gasteiger partial charge is 0.468 e. The molecule has 6 aromatic rings. The fourth-order valence-corrected chi connectivity index (χ4v) is 12.6. The number of halogens is 3. The van der Waals surface area contributed by atoms with Crippen LogP contribution < -0.4 is 19.7 Å². The summed E-state index contributed by atoms with van der Waals surface area (Å²) in [5, 5.41) is 20.6. The average molecular weight is 1020 g/mol. The van der Waals surface area contributed by atoms with E-state index in [1.54, 1.807) is 26.0 Å². The second-order valence-corrected chi connectivity index (χ2v) is 22.1. The minimum Gasteiger partial charge on any atom is -0.468 e. The minimum atomic E-state index is -1.04. The molecule has 2 N–H and O–H groups in total. The Labute approximate surface area is 429 Å². The quantitative estimate of drug-likeness (QED) is 0.0748. The van der Waals surface area contributed by atoms with Crippen LogP contribution in [-0.2, 0) is 27.8 Å². The molecule has 5 aliphatic rings. The Hall–Kier alpha value is -5.88. The highest BCUT2D eigenvalue weighted by Gasteiger charge is 2.46. The maximum absolute atomic E-state index is 17.5. The van der Waals surface area contributed by atoms with E-state index >= 15 is 13.2 Å². The zero-order valence-electron chi connectivity index (χ0n) is 43.0. The van der Waals surface area contributed by atoms with E-state index in [4.69, 9.17) is 24.3 Å². The number of hydrogen-bond acceptors (Lipinski definition) is 12. The van der Waals surface area contributed by atoms with Crippen molar-refractivity contribution in [3.8, 4) is 22.9 Å². The van der Waals surface area contributed by atoms with Crippen molar-refractivity contribution in [3.05, 3.63) is 82.8 Å². The topological polar surface area (TPSA) is 147 Å². The number of anilines is 1. The molecule has 14 nitrogen and oxygen atoms in total. The Morgan fingerprint density at radius 1 is 0.878 bits per heavy atom. The van der Waals surface area contributed by atoms with Crippen molar-refractivity contribution >= 4 is 50.2 Å². The molecule has 0 bridgehead atoms.